The largest absolute Gasteiger partial charge is 1.00 e. The van der Waals surface area contributed by atoms with Crippen molar-refractivity contribution in [2.75, 3.05) is 6.54 Å². The van der Waals surface area contributed by atoms with Crippen molar-refractivity contribution in [1.29, 1.82) is 0 Å². The van der Waals surface area contributed by atoms with E-state index in [2.05, 4.69) is 5.32 Å². The third-order valence-electron chi connectivity index (χ3n) is 2.09. The zero-order valence-electron chi connectivity index (χ0n) is 11.0. The van der Waals surface area contributed by atoms with Crippen LogP contribution in [0.5, 0.6) is 0 Å². The normalized spacial score (nSPS) is 10.9. The Labute approximate surface area is 146 Å². The number of rotatable bonds is 9. The molecule has 0 fully saturated rings. The molecule has 0 aromatic heterocycles. The van der Waals surface area contributed by atoms with Crippen molar-refractivity contribution in [2.45, 2.75) is 45.1 Å². The number of nitrogens with one attached hydrogen (secondary N) is 1. The molecule has 7 heteroatoms. The van der Waals surface area contributed by atoms with Gasteiger partial charge in [-0.3, -0.25) is 0 Å². The Morgan fingerprint density at radius 2 is 1.76 bits per heavy atom. The molecule has 0 radical (unpaired) electrons. The molecule has 0 amide bonds. The third kappa shape index (κ3) is 14.8. The molecule has 0 aliphatic carbocycles. The van der Waals surface area contributed by atoms with Crippen molar-refractivity contribution in [2.24, 2.45) is 0 Å². The van der Waals surface area contributed by atoms with Crippen molar-refractivity contribution in [3.05, 3.63) is 0 Å². The summed E-state index contributed by atoms with van der Waals surface area (Å²) in [6, 6.07) is -0.889. The number of carboxylic acid groups (broad SMARTS) is 2. The molecule has 0 aliphatic heterocycles. The Morgan fingerprint density at radius 3 is 2.18 bits per heavy atom. The maximum absolute atomic E-state index is 10.6. The van der Waals surface area contributed by atoms with Crippen LogP contribution in [-0.4, -0.2) is 24.5 Å². The van der Waals surface area contributed by atoms with Crippen molar-refractivity contribution in [1.82, 2.24) is 5.32 Å². The molecule has 1 unspecified atom stereocenters. The molecule has 17 heavy (non-hydrogen) atoms. The Hall–Kier alpha value is 0.900. The number of carbonyl (C=O) groups is 2. The van der Waals surface area contributed by atoms with Crippen molar-refractivity contribution in [3.8, 4) is 0 Å². The number of carbonyl (C=O) groups excluding carboxylic acids is 2. The standard InChI is InChI=1S/C10H19NO4.2Na/c1-2-3-4-7-11-8(10(14)15)5-6-9(12)13;;/h8,11H,2-7H2,1H3,(H,12,13)(H,14,15);;/q;2*+1/p-2. The predicted molar refractivity (Wildman–Crippen MR) is 50.6 cm³/mol. The molecule has 88 valence electrons. The van der Waals surface area contributed by atoms with Gasteiger partial charge < -0.3 is 25.1 Å². The zero-order valence-corrected chi connectivity index (χ0v) is 15.0. The number of aliphatic carboxylic acids is 2. The van der Waals surface area contributed by atoms with Gasteiger partial charge in [-0.2, -0.15) is 0 Å². The van der Waals surface area contributed by atoms with E-state index in [-0.39, 0.29) is 72.0 Å². The average molecular weight is 261 g/mol. The molecule has 0 spiro atoms. The van der Waals surface area contributed by atoms with Gasteiger partial charge in [-0.1, -0.05) is 19.8 Å². The molecule has 0 heterocycles. The van der Waals surface area contributed by atoms with E-state index in [0.29, 0.717) is 6.54 Å². The summed E-state index contributed by atoms with van der Waals surface area (Å²) < 4.78 is 0. The van der Waals surface area contributed by atoms with Gasteiger partial charge in [0, 0.05) is 12.0 Å². The summed E-state index contributed by atoms with van der Waals surface area (Å²) >= 11 is 0. The quantitative estimate of drug-likeness (QED) is 0.329. The molecule has 0 aliphatic rings. The summed E-state index contributed by atoms with van der Waals surface area (Å²) in [5.41, 5.74) is 0. The van der Waals surface area contributed by atoms with E-state index in [4.69, 9.17) is 0 Å². The Balaban J connectivity index is -0.000000980. The second kappa shape index (κ2) is 15.0. The molecule has 5 nitrogen and oxygen atoms in total. The summed E-state index contributed by atoms with van der Waals surface area (Å²) in [6.45, 7) is 2.62. The smallest absolute Gasteiger partial charge is 0.550 e. The second-order valence-electron chi connectivity index (χ2n) is 3.44. The van der Waals surface area contributed by atoms with Gasteiger partial charge in [-0.25, -0.2) is 0 Å². The van der Waals surface area contributed by atoms with Crippen LogP contribution in [0.15, 0.2) is 0 Å². The van der Waals surface area contributed by atoms with E-state index in [1.54, 1.807) is 0 Å². The minimum Gasteiger partial charge on any atom is -0.550 e. The Bertz CT molecular complexity index is 214. The van der Waals surface area contributed by atoms with Gasteiger partial charge in [0.25, 0.3) is 0 Å². The number of hydrogen-bond donors (Lipinski definition) is 1. The van der Waals surface area contributed by atoms with Crippen LogP contribution in [0.2, 0.25) is 0 Å². The Kier molecular flexibility index (Phi) is 20.3. The fraction of sp³-hybridized carbons (Fsp3) is 0.800. The fourth-order valence-corrected chi connectivity index (χ4v) is 1.22. The topological polar surface area (TPSA) is 92.3 Å². The van der Waals surface area contributed by atoms with Crippen LogP contribution in [0.4, 0.5) is 0 Å². The molecule has 0 bridgehead atoms. The summed E-state index contributed by atoms with van der Waals surface area (Å²) in [7, 11) is 0. The van der Waals surface area contributed by atoms with Crippen molar-refractivity contribution < 1.29 is 78.9 Å². The molecule has 1 N–H and O–H groups in total. The predicted octanol–water partition coefficient (Wildman–Crippen LogP) is -7.58. The van der Waals surface area contributed by atoms with E-state index in [1.165, 1.54) is 0 Å². The van der Waals surface area contributed by atoms with Crippen LogP contribution in [0, 0.1) is 0 Å². The SMILES string of the molecule is CCCCCNC(CCC(=O)[O-])C(=O)[O-].[Na+].[Na+]. The molecule has 0 rings (SSSR count). The van der Waals surface area contributed by atoms with Gasteiger partial charge in [0.05, 0.1) is 5.97 Å². The first kappa shape index (κ1) is 23.0. The molecular weight excluding hydrogens is 244 g/mol. The van der Waals surface area contributed by atoms with Crippen molar-refractivity contribution in [3.63, 3.8) is 0 Å². The van der Waals surface area contributed by atoms with Gasteiger partial charge >= 0.3 is 59.1 Å². The summed E-state index contributed by atoms with van der Waals surface area (Å²) in [5, 5.41) is 23.5. The Morgan fingerprint density at radius 1 is 1.18 bits per heavy atom. The van der Waals surface area contributed by atoms with Crippen LogP contribution in [0.25, 0.3) is 0 Å². The summed E-state index contributed by atoms with van der Waals surface area (Å²) in [4.78, 5) is 20.7. The molecule has 0 aromatic rings. The average Bonchev–Trinajstić information content (AvgIpc) is 2.15. The van der Waals surface area contributed by atoms with Crippen LogP contribution < -0.4 is 74.6 Å². The van der Waals surface area contributed by atoms with Crippen molar-refractivity contribution >= 4 is 11.9 Å². The van der Waals surface area contributed by atoms with Gasteiger partial charge in [0.15, 0.2) is 0 Å². The molecular formula is C10H17NNa2O4. The first-order chi connectivity index (χ1) is 7.07. The molecule has 1 atom stereocenters. The van der Waals surface area contributed by atoms with Crippen LogP contribution in [0.3, 0.4) is 0 Å². The third-order valence-corrected chi connectivity index (χ3v) is 2.09. The van der Waals surface area contributed by atoms with E-state index in [9.17, 15) is 19.8 Å². The molecule has 0 saturated heterocycles. The van der Waals surface area contributed by atoms with Gasteiger partial charge in [0.1, 0.15) is 0 Å². The van der Waals surface area contributed by atoms with Gasteiger partial charge in [-0.05, 0) is 25.8 Å². The first-order valence-electron chi connectivity index (χ1n) is 5.22. The molecule has 0 saturated carbocycles. The first-order valence-corrected chi connectivity index (χ1v) is 5.22. The van der Waals surface area contributed by atoms with Crippen LogP contribution in [0.1, 0.15) is 39.0 Å². The molecule has 0 aromatic carbocycles. The van der Waals surface area contributed by atoms with E-state index in [0.717, 1.165) is 19.3 Å². The van der Waals surface area contributed by atoms with E-state index >= 15 is 0 Å². The maximum atomic E-state index is 10.6. The van der Waals surface area contributed by atoms with Crippen LogP contribution >= 0.6 is 0 Å². The summed E-state index contributed by atoms with van der Waals surface area (Å²) in [6.07, 6.45) is 2.70. The van der Waals surface area contributed by atoms with E-state index in [1.807, 2.05) is 6.92 Å². The second-order valence-corrected chi connectivity index (χ2v) is 3.44. The summed E-state index contributed by atoms with van der Waals surface area (Å²) in [5.74, 6) is -2.50. The number of unbranched alkanes of at least 4 members (excludes halogenated alkanes) is 2. The number of carboxylic acids is 2. The maximum Gasteiger partial charge on any atom is 1.00 e. The van der Waals surface area contributed by atoms with Gasteiger partial charge in [0.2, 0.25) is 0 Å². The van der Waals surface area contributed by atoms with Crippen LogP contribution in [-0.2, 0) is 9.59 Å². The monoisotopic (exact) mass is 261 g/mol. The number of hydrogen-bond acceptors (Lipinski definition) is 5. The van der Waals surface area contributed by atoms with E-state index < -0.39 is 18.0 Å². The zero-order chi connectivity index (χ0) is 11.7. The minimum absolute atomic E-state index is 0. The minimum atomic E-state index is -1.26. The fourth-order valence-electron chi connectivity index (χ4n) is 1.22. The van der Waals surface area contributed by atoms with Gasteiger partial charge in [-0.15, -0.1) is 0 Å².